The van der Waals surface area contributed by atoms with E-state index in [1.807, 2.05) is 12.1 Å². The Morgan fingerprint density at radius 2 is 1.75 bits per heavy atom. The summed E-state index contributed by atoms with van der Waals surface area (Å²) >= 11 is 0. The van der Waals surface area contributed by atoms with E-state index in [9.17, 15) is 14.5 Å². The molecule has 5 heteroatoms. The summed E-state index contributed by atoms with van der Waals surface area (Å²) in [5, 5.41) is 14.1. The summed E-state index contributed by atoms with van der Waals surface area (Å²) in [5.74, 6) is -0.810. The van der Waals surface area contributed by atoms with Crippen molar-refractivity contribution in [3.63, 3.8) is 0 Å². The van der Waals surface area contributed by atoms with Gasteiger partial charge in [-0.15, -0.1) is 0 Å². The fourth-order valence-electron chi connectivity index (χ4n) is 2.70. The second-order valence-corrected chi connectivity index (χ2v) is 4.91. The number of rotatable bonds is 3. The van der Waals surface area contributed by atoms with Crippen molar-refractivity contribution in [1.29, 1.82) is 0 Å². The second kappa shape index (κ2) is 4.92. The molecule has 102 valence electrons. The summed E-state index contributed by atoms with van der Waals surface area (Å²) < 4.78 is 13.6. The molecule has 0 heterocycles. The first-order valence-electron chi connectivity index (χ1n) is 6.41. The smallest absolute Gasteiger partial charge is 0.327 e. The standard InChI is InChI=1S/C15H13FN2O2/c16-13-6-3-7-14(15(13)18(19)20)17-12-8-10-4-1-2-5-11(10)9-12/h1-7,12,17H,8-9H2. The van der Waals surface area contributed by atoms with Crippen LogP contribution in [0.5, 0.6) is 0 Å². The maximum atomic E-state index is 13.6. The minimum atomic E-state index is -0.810. The monoisotopic (exact) mass is 272 g/mol. The highest BCUT2D eigenvalue weighted by Crippen LogP contribution is 2.30. The maximum Gasteiger partial charge on any atom is 0.327 e. The van der Waals surface area contributed by atoms with Gasteiger partial charge >= 0.3 is 5.69 Å². The Labute approximate surface area is 115 Å². The van der Waals surface area contributed by atoms with E-state index in [-0.39, 0.29) is 11.7 Å². The normalized spacial score (nSPS) is 14.1. The molecule has 20 heavy (non-hydrogen) atoms. The number of para-hydroxylation sites is 1. The number of halogens is 1. The van der Waals surface area contributed by atoms with Crippen molar-refractivity contribution in [2.24, 2.45) is 0 Å². The second-order valence-electron chi connectivity index (χ2n) is 4.91. The van der Waals surface area contributed by atoms with Crippen LogP contribution in [-0.2, 0) is 12.8 Å². The number of hydrogen-bond donors (Lipinski definition) is 1. The lowest BCUT2D eigenvalue weighted by Crippen LogP contribution is -2.20. The quantitative estimate of drug-likeness (QED) is 0.689. The van der Waals surface area contributed by atoms with Gasteiger partial charge < -0.3 is 5.32 Å². The number of fused-ring (bicyclic) bond motifs is 1. The summed E-state index contributed by atoms with van der Waals surface area (Å²) in [6.45, 7) is 0. The summed E-state index contributed by atoms with van der Waals surface area (Å²) in [6.07, 6.45) is 1.59. The summed E-state index contributed by atoms with van der Waals surface area (Å²) in [6, 6.07) is 12.3. The molecule has 1 N–H and O–H groups in total. The third-order valence-electron chi connectivity index (χ3n) is 3.58. The van der Waals surface area contributed by atoms with Crippen molar-refractivity contribution in [2.75, 3.05) is 5.32 Å². The van der Waals surface area contributed by atoms with Gasteiger partial charge in [-0.1, -0.05) is 30.3 Å². The van der Waals surface area contributed by atoms with Crippen molar-refractivity contribution in [3.05, 3.63) is 69.5 Å². The minimum Gasteiger partial charge on any atom is -0.376 e. The van der Waals surface area contributed by atoms with E-state index in [2.05, 4.69) is 17.4 Å². The molecule has 0 unspecified atom stereocenters. The molecule has 0 radical (unpaired) electrons. The largest absolute Gasteiger partial charge is 0.376 e. The molecule has 4 nitrogen and oxygen atoms in total. The van der Waals surface area contributed by atoms with Gasteiger partial charge in [-0.2, -0.15) is 4.39 Å². The number of hydrogen-bond acceptors (Lipinski definition) is 3. The first-order valence-corrected chi connectivity index (χ1v) is 6.41. The molecule has 2 aromatic rings. The van der Waals surface area contributed by atoms with Crippen molar-refractivity contribution < 1.29 is 9.31 Å². The van der Waals surface area contributed by atoms with Gasteiger partial charge in [0.2, 0.25) is 5.82 Å². The molecule has 0 saturated carbocycles. The van der Waals surface area contributed by atoms with Crippen LogP contribution < -0.4 is 5.32 Å². The Bertz CT molecular complexity index is 648. The molecule has 0 aromatic heterocycles. The number of nitrogens with one attached hydrogen (secondary N) is 1. The number of nitro benzene ring substituents is 1. The third-order valence-corrected chi connectivity index (χ3v) is 3.58. The molecule has 0 aliphatic heterocycles. The summed E-state index contributed by atoms with van der Waals surface area (Å²) in [5.41, 5.74) is 2.24. The number of anilines is 1. The first kappa shape index (κ1) is 12.6. The van der Waals surface area contributed by atoms with Crippen LogP contribution in [0.3, 0.4) is 0 Å². The lowest BCUT2D eigenvalue weighted by molar-refractivity contribution is -0.386. The Balaban J connectivity index is 1.84. The van der Waals surface area contributed by atoms with Gasteiger partial charge in [0.05, 0.1) is 4.92 Å². The predicted molar refractivity (Wildman–Crippen MR) is 74.3 cm³/mol. The molecular formula is C15H13FN2O2. The van der Waals surface area contributed by atoms with Gasteiger partial charge in [0.15, 0.2) is 0 Å². The zero-order valence-electron chi connectivity index (χ0n) is 10.7. The first-order chi connectivity index (χ1) is 9.65. The van der Waals surface area contributed by atoms with Crippen molar-refractivity contribution >= 4 is 11.4 Å². The third kappa shape index (κ3) is 2.22. The number of benzene rings is 2. The number of nitrogens with zero attached hydrogens (tertiary/aromatic N) is 1. The van der Waals surface area contributed by atoms with E-state index in [1.165, 1.54) is 17.2 Å². The molecule has 1 aliphatic rings. The zero-order valence-corrected chi connectivity index (χ0v) is 10.7. The van der Waals surface area contributed by atoms with E-state index < -0.39 is 16.4 Å². The number of nitro groups is 1. The molecule has 0 bridgehead atoms. The molecule has 3 rings (SSSR count). The van der Waals surface area contributed by atoms with Gasteiger partial charge in [-0.3, -0.25) is 10.1 Å². The molecular weight excluding hydrogens is 259 g/mol. The van der Waals surface area contributed by atoms with Gasteiger partial charge in [-0.25, -0.2) is 0 Å². The van der Waals surface area contributed by atoms with Crippen LogP contribution in [0.4, 0.5) is 15.8 Å². The Kier molecular flexibility index (Phi) is 3.10. The summed E-state index contributed by atoms with van der Waals surface area (Å²) in [7, 11) is 0. The highest BCUT2D eigenvalue weighted by atomic mass is 19.1. The molecule has 0 fully saturated rings. The fraction of sp³-hybridized carbons (Fsp3) is 0.200. The zero-order chi connectivity index (χ0) is 14.1. The minimum absolute atomic E-state index is 0.0629. The van der Waals surface area contributed by atoms with Crippen molar-refractivity contribution in [1.82, 2.24) is 0 Å². The highest BCUT2D eigenvalue weighted by Gasteiger charge is 2.25. The molecule has 0 saturated heterocycles. The lowest BCUT2D eigenvalue weighted by Gasteiger charge is -2.13. The summed E-state index contributed by atoms with van der Waals surface area (Å²) in [4.78, 5) is 10.3. The Morgan fingerprint density at radius 3 is 2.35 bits per heavy atom. The van der Waals surface area contributed by atoms with Gasteiger partial charge in [0.1, 0.15) is 5.69 Å². The molecule has 1 aliphatic carbocycles. The Morgan fingerprint density at radius 1 is 1.10 bits per heavy atom. The van der Waals surface area contributed by atoms with Crippen LogP contribution in [0.15, 0.2) is 42.5 Å². The highest BCUT2D eigenvalue weighted by molar-refractivity contribution is 5.63. The van der Waals surface area contributed by atoms with Gasteiger partial charge in [0.25, 0.3) is 0 Å². The van der Waals surface area contributed by atoms with Gasteiger partial charge in [0, 0.05) is 6.04 Å². The molecule has 0 atom stereocenters. The topological polar surface area (TPSA) is 55.2 Å². The van der Waals surface area contributed by atoms with Crippen LogP contribution in [0, 0.1) is 15.9 Å². The van der Waals surface area contributed by atoms with E-state index in [1.54, 1.807) is 6.07 Å². The van der Waals surface area contributed by atoms with E-state index in [4.69, 9.17) is 0 Å². The fourth-order valence-corrected chi connectivity index (χ4v) is 2.70. The van der Waals surface area contributed by atoms with E-state index >= 15 is 0 Å². The van der Waals surface area contributed by atoms with E-state index in [0.29, 0.717) is 0 Å². The molecule has 0 amide bonds. The van der Waals surface area contributed by atoms with Gasteiger partial charge in [-0.05, 0) is 36.1 Å². The van der Waals surface area contributed by atoms with Crippen LogP contribution in [-0.4, -0.2) is 11.0 Å². The van der Waals surface area contributed by atoms with Crippen molar-refractivity contribution in [2.45, 2.75) is 18.9 Å². The van der Waals surface area contributed by atoms with Crippen LogP contribution in [0.1, 0.15) is 11.1 Å². The van der Waals surface area contributed by atoms with Crippen LogP contribution in [0.2, 0.25) is 0 Å². The molecule has 0 spiro atoms. The van der Waals surface area contributed by atoms with Crippen LogP contribution in [0.25, 0.3) is 0 Å². The molecule has 2 aromatic carbocycles. The van der Waals surface area contributed by atoms with Crippen molar-refractivity contribution in [3.8, 4) is 0 Å². The Hall–Kier alpha value is -2.43. The maximum absolute atomic E-state index is 13.6. The van der Waals surface area contributed by atoms with E-state index in [0.717, 1.165) is 18.9 Å². The lowest BCUT2D eigenvalue weighted by atomic mass is 10.1. The average Bonchev–Trinajstić information content (AvgIpc) is 2.80. The average molecular weight is 272 g/mol. The van der Waals surface area contributed by atoms with Crippen LogP contribution >= 0.6 is 0 Å². The SMILES string of the molecule is O=[N+]([O-])c1c(F)cccc1NC1Cc2ccccc2C1. The predicted octanol–water partition coefficient (Wildman–Crippen LogP) is 3.31.